The van der Waals surface area contributed by atoms with Gasteiger partial charge in [0.15, 0.2) is 0 Å². The molecule has 32 heavy (non-hydrogen) atoms. The quantitative estimate of drug-likeness (QED) is 0.441. The van der Waals surface area contributed by atoms with Gasteiger partial charge in [-0.15, -0.1) is 0 Å². The first-order chi connectivity index (χ1) is 15.6. The Kier molecular flexibility index (Phi) is 6.17. The molecule has 0 atom stereocenters. The second-order valence-electron chi connectivity index (χ2n) is 7.26. The van der Waals surface area contributed by atoms with Crippen molar-refractivity contribution in [2.75, 3.05) is 21.3 Å². The van der Waals surface area contributed by atoms with Crippen LogP contribution in [0.4, 0.5) is 0 Å². The lowest BCUT2D eigenvalue weighted by molar-refractivity contribution is 0.0785. The largest absolute Gasteiger partial charge is 0.497 e. The average Bonchev–Trinajstić information content (AvgIpc) is 3.29. The van der Waals surface area contributed by atoms with Crippen molar-refractivity contribution in [1.82, 2.24) is 19.7 Å². The molecule has 2 heterocycles. The first-order valence-corrected chi connectivity index (χ1v) is 10.1. The number of pyridine rings is 1. The number of methoxy groups -OCH3 is 2. The second kappa shape index (κ2) is 9.34. The van der Waals surface area contributed by atoms with Gasteiger partial charge in [-0.3, -0.25) is 9.78 Å². The summed E-state index contributed by atoms with van der Waals surface area (Å²) in [6, 6.07) is 18.9. The van der Waals surface area contributed by atoms with E-state index in [1.807, 2.05) is 54.6 Å². The van der Waals surface area contributed by atoms with Crippen LogP contribution in [0.2, 0.25) is 0 Å². The van der Waals surface area contributed by atoms with Crippen LogP contribution in [0, 0.1) is 0 Å². The van der Waals surface area contributed by atoms with E-state index in [0.29, 0.717) is 34.9 Å². The number of hydrogen-bond donors (Lipinski definition) is 0. The fourth-order valence-electron chi connectivity index (χ4n) is 3.48. The normalized spacial score (nSPS) is 10.6. The van der Waals surface area contributed by atoms with E-state index in [0.717, 1.165) is 11.3 Å². The molecule has 0 aliphatic rings. The fraction of sp³-hybridized carbons (Fsp3) is 0.160. The van der Waals surface area contributed by atoms with Crippen molar-refractivity contribution >= 4 is 5.91 Å². The van der Waals surface area contributed by atoms with Gasteiger partial charge in [0.05, 0.1) is 25.5 Å². The third-order valence-electron chi connectivity index (χ3n) is 5.12. The summed E-state index contributed by atoms with van der Waals surface area (Å²) in [5.41, 5.74) is 3.53. The molecule has 2 aromatic carbocycles. The van der Waals surface area contributed by atoms with Crippen LogP contribution < -0.4 is 9.47 Å². The van der Waals surface area contributed by atoms with E-state index in [1.54, 1.807) is 55.5 Å². The molecule has 0 aliphatic carbocycles. The zero-order chi connectivity index (χ0) is 22.5. The van der Waals surface area contributed by atoms with Crippen LogP contribution in [0.1, 0.15) is 15.9 Å². The summed E-state index contributed by atoms with van der Waals surface area (Å²) >= 11 is 0. The minimum absolute atomic E-state index is 0.149. The van der Waals surface area contributed by atoms with Crippen LogP contribution in [-0.2, 0) is 6.54 Å². The van der Waals surface area contributed by atoms with Gasteiger partial charge in [-0.2, -0.15) is 5.10 Å². The van der Waals surface area contributed by atoms with Gasteiger partial charge < -0.3 is 14.4 Å². The van der Waals surface area contributed by atoms with E-state index in [2.05, 4.69) is 4.98 Å². The van der Waals surface area contributed by atoms with Crippen LogP contribution in [0.25, 0.3) is 16.9 Å². The number of carbonyl (C=O) groups excluding carboxylic acids is 1. The standard InChI is InChI=1S/C25H24N4O3/c1-28(16-18-8-7-13-26-15-18)25(30)22-17-29(19-9-5-4-6-10-19)27-24(22)21-12-11-20(31-2)14-23(21)32-3/h4-15,17H,16H2,1-3H3. The highest BCUT2D eigenvalue weighted by atomic mass is 16.5. The summed E-state index contributed by atoms with van der Waals surface area (Å²) in [6.07, 6.45) is 5.23. The molecular formula is C25H24N4O3. The van der Waals surface area contributed by atoms with E-state index in [9.17, 15) is 4.79 Å². The number of ether oxygens (including phenoxy) is 2. The second-order valence-corrected chi connectivity index (χ2v) is 7.26. The Morgan fingerprint density at radius 3 is 2.53 bits per heavy atom. The summed E-state index contributed by atoms with van der Waals surface area (Å²) in [7, 11) is 4.95. The molecule has 4 aromatic rings. The van der Waals surface area contributed by atoms with Crippen molar-refractivity contribution in [3.63, 3.8) is 0 Å². The molecule has 0 saturated heterocycles. The number of hydrogen-bond acceptors (Lipinski definition) is 5. The Morgan fingerprint density at radius 2 is 1.84 bits per heavy atom. The molecule has 0 N–H and O–H groups in total. The highest BCUT2D eigenvalue weighted by molar-refractivity contribution is 6.00. The van der Waals surface area contributed by atoms with Gasteiger partial charge in [0.1, 0.15) is 17.2 Å². The van der Waals surface area contributed by atoms with E-state index < -0.39 is 0 Å². The molecule has 0 fully saturated rings. The highest BCUT2D eigenvalue weighted by Gasteiger charge is 2.24. The Labute approximate surface area is 186 Å². The Hall–Kier alpha value is -4.13. The third-order valence-corrected chi connectivity index (χ3v) is 5.12. The van der Waals surface area contributed by atoms with Gasteiger partial charge in [0, 0.05) is 43.8 Å². The van der Waals surface area contributed by atoms with E-state index in [-0.39, 0.29) is 5.91 Å². The number of amides is 1. The summed E-state index contributed by atoms with van der Waals surface area (Å²) < 4.78 is 12.6. The maximum Gasteiger partial charge on any atom is 0.257 e. The zero-order valence-electron chi connectivity index (χ0n) is 18.2. The minimum atomic E-state index is -0.149. The molecule has 7 heteroatoms. The number of rotatable bonds is 7. The van der Waals surface area contributed by atoms with Crippen molar-refractivity contribution < 1.29 is 14.3 Å². The van der Waals surface area contributed by atoms with E-state index in [4.69, 9.17) is 14.6 Å². The molecule has 0 bridgehead atoms. The first kappa shape index (κ1) is 21.1. The van der Waals surface area contributed by atoms with E-state index in [1.165, 1.54) is 0 Å². The Morgan fingerprint density at radius 1 is 1.03 bits per heavy atom. The van der Waals surface area contributed by atoms with Gasteiger partial charge in [-0.1, -0.05) is 24.3 Å². The summed E-state index contributed by atoms with van der Waals surface area (Å²) in [5.74, 6) is 1.09. The van der Waals surface area contributed by atoms with Crippen LogP contribution in [0.5, 0.6) is 11.5 Å². The fourth-order valence-corrected chi connectivity index (χ4v) is 3.48. The number of benzene rings is 2. The number of carbonyl (C=O) groups is 1. The SMILES string of the molecule is COc1ccc(-c2nn(-c3ccccc3)cc2C(=O)N(C)Cc2cccnc2)c(OC)c1. The smallest absolute Gasteiger partial charge is 0.257 e. The maximum absolute atomic E-state index is 13.5. The van der Waals surface area contributed by atoms with Gasteiger partial charge in [-0.05, 0) is 35.9 Å². The van der Waals surface area contributed by atoms with E-state index >= 15 is 0 Å². The maximum atomic E-state index is 13.5. The predicted molar refractivity (Wildman–Crippen MR) is 122 cm³/mol. The summed E-state index contributed by atoms with van der Waals surface area (Å²) in [6.45, 7) is 0.433. The monoisotopic (exact) mass is 428 g/mol. The Balaban J connectivity index is 1.79. The molecule has 2 aromatic heterocycles. The molecule has 0 saturated carbocycles. The van der Waals surface area contributed by atoms with Gasteiger partial charge in [0.25, 0.3) is 5.91 Å². The first-order valence-electron chi connectivity index (χ1n) is 10.1. The van der Waals surface area contributed by atoms with Gasteiger partial charge >= 0.3 is 0 Å². The topological polar surface area (TPSA) is 69.5 Å². The minimum Gasteiger partial charge on any atom is -0.497 e. The lowest BCUT2D eigenvalue weighted by atomic mass is 10.1. The van der Waals surface area contributed by atoms with Gasteiger partial charge in [-0.25, -0.2) is 4.68 Å². The summed E-state index contributed by atoms with van der Waals surface area (Å²) in [5, 5.41) is 4.76. The molecular weight excluding hydrogens is 404 g/mol. The summed E-state index contributed by atoms with van der Waals surface area (Å²) in [4.78, 5) is 19.3. The molecule has 7 nitrogen and oxygen atoms in total. The van der Waals surface area contributed by atoms with Crippen LogP contribution >= 0.6 is 0 Å². The molecule has 0 radical (unpaired) electrons. The van der Waals surface area contributed by atoms with Crippen LogP contribution in [-0.4, -0.2) is 46.8 Å². The number of para-hydroxylation sites is 1. The van der Waals surface area contributed by atoms with Crippen molar-refractivity contribution in [2.45, 2.75) is 6.54 Å². The highest BCUT2D eigenvalue weighted by Crippen LogP contribution is 2.35. The van der Waals surface area contributed by atoms with Crippen molar-refractivity contribution in [1.29, 1.82) is 0 Å². The molecule has 162 valence electrons. The average molecular weight is 428 g/mol. The Bertz CT molecular complexity index is 1210. The van der Waals surface area contributed by atoms with Crippen molar-refractivity contribution in [3.05, 3.63) is 90.4 Å². The predicted octanol–water partition coefficient (Wildman–Crippen LogP) is 4.22. The van der Waals surface area contributed by atoms with Crippen molar-refractivity contribution in [3.8, 4) is 28.4 Å². The molecule has 0 unspecified atom stereocenters. The zero-order valence-corrected chi connectivity index (χ0v) is 18.2. The number of nitrogens with zero attached hydrogens (tertiary/aromatic N) is 4. The van der Waals surface area contributed by atoms with Gasteiger partial charge in [0.2, 0.25) is 0 Å². The number of aromatic nitrogens is 3. The van der Waals surface area contributed by atoms with Crippen molar-refractivity contribution in [2.24, 2.45) is 0 Å². The van der Waals surface area contributed by atoms with Crippen LogP contribution in [0.15, 0.2) is 79.3 Å². The molecule has 0 spiro atoms. The van der Waals surface area contributed by atoms with Crippen LogP contribution in [0.3, 0.4) is 0 Å². The lowest BCUT2D eigenvalue weighted by Crippen LogP contribution is -2.26. The molecule has 0 aliphatic heterocycles. The third kappa shape index (κ3) is 4.32. The molecule has 1 amide bonds. The lowest BCUT2D eigenvalue weighted by Gasteiger charge is -2.17. The molecule has 4 rings (SSSR count).